The molecule has 5 rings (SSSR count). The number of piperidine rings is 1. The smallest absolute Gasteiger partial charge is 0.369 e. The van der Waals surface area contributed by atoms with E-state index >= 15 is 0 Å². The fourth-order valence-electron chi connectivity index (χ4n) is 5.18. The molecule has 190 valence electrons. The van der Waals surface area contributed by atoms with Gasteiger partial charge in [-0.25, -0.2) is 9.18 Å². The van der Waals surface area contributed by atoms with Crippen LogP contribution in [0.5, 0.6) is 0 Å². The molecule has 3 heterocycles. The summed E-state index contributed by atoms with van der Waals surface area (Å²) in [6.07, 6.45) is -3.35. The van der Waals surface area contributed by atoms with Crippen LogP contribution in [0.25, 0.3) is 0 Å². The number of para-hydroxylation sites is 1. The molecule has 1 fully saturated rings. The van der Waals surface area contributed by atoms with Gasteiger partial charge in [0.15, 0.2) is 5.82 Å². The molecule has 0 saturated carbocycles. The number of urea groups is 1. The number of hydrogen-bond donors (Lipinski definition) is 0. The second-order valence-electron chi connectivity index (χ2n) is 9.23. The van der Waals surface area contributed by atoms with Crippen LogP contribution in [0.15, 0.2) is 42.5 Å². The van der Waals surface area contributed by atoms with Crippen LogP contribution in [0.4, 0.5) is 33.9 Å². The lowest BCUT2D eigenvalue weighted by Gasteiger charge is -2.43. The molecule has 1 saturated heterocycles. The summed E-state index contributed by atoms with van der Waals surface area (Å²) in [5, 5.41) is 8.64. The average Bonchev–Trinajstić information content (AvgIpc) is 3.21. The fraction of sp³-hybridized carbons (Fsp3) is 0.400. The molecule has 7 nitrogen and oxygen atoms in total. The zero-order valence-corrected chi connectivity index (χ0v) is 20.0. The van der Waals surface area contributed by atoms with E-state index in [9.17, 15) is 22.4 Å². The lowest BCUT2D eigenvalue weighted by molar-refractivity contribution is -0.138. The van der Waals surface area contributed by atoms with Gasteiger partial charge in [-0.2, -0.15) is 23.1 Å². The Balaban J connectivity index is 1.39. The Kier molecular flexibility index (Phi) is 6.09. The molecule has 0 radical (unpaired) electrons. The first-order valence-electron chi connectivity index (χ1n) is 11.8. The van der Waals surface area contributed by atoms with Crippen molar-refractivity contribution in [3.63, 3.8) is 0 Å². The number of carbonyl (C=O) groups is 1. The van der Waals surface area contributed by atoms with Crippen molar-refractivity contribution in [3.05, 3.63) is 70.7 Å². The van der Waals surface area contributed by atoms with E-state index in [2.05, 4.69) is 10.2 Å². The number of halogens is 4. The molecule has 2 aliphatic heterocycles. The predicted octanol–water partition coefficient (Wildman–Crippen LogP) is 4.89. The molecule has 1 aromatic heterocycles. The van der Waals surface area contributed by atoms with Crippen molar-refractivity contribution in [2.75, 3.05) is 22.9 Å². The van der Waals surface area contributed by atoms with Gasteiger partial charge in [-0.3, -0.25) is 4.90 Å². The van der Waals surface area contributed by atoms with Crippen molar-refractivity contribution in [1.82, 2.24) is 19.9 Å². The molecule has 0 N–H and O–H groups in total. The van der Waals surface area contributed by atoms with Crippen molar-refractivity contribution in [2.45, 2.75) is 45.1 Å². The standard InChI is InChI=1S/C25H26F4N6O/c1-16-6-5-9-20(26)22(16)33-12-10-18(11-13-33)34-15-21-23(31-32(2)30-21)35(24(34)36)14-17-7-3-4-8-19(17)25(27,28)29/h3-9,18H,10-15H2,1-2H3. The maximum atomic E-state index is 14.5. The van der Waals surface area contributed by atoms with E-state index < -0.39 is 17.8 Å². The number of rotatable bonds is 4. The van der Waals surface area contributed by atoms with E-state index in [1.54, 1.807) is 18.0 Å². The third-order valence-electron chi connectivity index (χ3n) is 6.88. The number of aryl methyl sites for hydroxylation is 2. The van der Waals surface area contributed by atoms with Crippen LogP contribution in [0.3, 0.4) is 0 Å². The summed E-state index contributed by atoms with van der Waals surface area (Å²) in [6.45, 7) is 2.93. The quantitative estimate of drug-likeness (QED) is 0.477. The van der Waals surface area contributed by atoms with E-state index in [1.807, 2.05) is 17.9 Å². The molecule has 0 unspecified atom stereocenters. The molecule has 0 spiro atoms. The second kappa shape index (κ2) is 9.11. The number of alkyl halides is 3. The van der Waals surface area contributed by atoms with Crippen molar-refractivity contribution < 1.29 is 22.4 Å². The molecule has 0 atom stereocenters. The highest BCUT2D eigenvalue weighted by atomic mass is 19.4. The van der Waals surface area contributed by atoms with Crippen molar-refractivity contribution >= 4 is 17.5 Å². The zero-order chi connectivity index (χ0) is 25.6. The van der Waals surface area contributed by atoms with Crippen molar-refractivity contribution in [1.29, 1.82) is 0 Å². The minimum atomic E-state index is -4.54. The maximum absolute atomic E-state index is 14.5. The number of benzene rings is 2. The number of hydrogen-bond acceptors (Lipinski definition) is 4. The number of nitrogens with zero attached hydrogens (tertiary/aromatic N) is 6. The number of anilines is 2. The van der Waals surface area contributed by atoms with Crippen LogP contribution in [0.2, 0.25) is 0 Å². The number of carbonyl (C=O) groups excluding carboxylic acids is 1. The van der Waals surface area contributed by atoms with Crippen LogP contribution in [0, 0.1) is 12.7 Å². The van der Waals surface area contributed by atoms with Gasteiger partial charge in [-0.15, -0.1) is 5.10 Å². The van der Waals surface area contributed by atoms with Gasteiger partial charge in [-0.1, -0.05) is 30.3 Å². The van der Waals surface area contributed by atoms with Crippen LogP contribution in [-0.2, 0) is 26.3 Å². The zero-order valence-electron chi connectivity index (χ0n) is 20.0. The first-order chi connectivity index (χ1) is 17.1. The van der Waals surface area contributed by atoms with Gasteiger partial charge in [0, 0.05) is 26.2 Å². The Hall–Kier alpha value is -3.63. The van der Waals surface area contributed by atoms with Gasteiger partial charge >= 0.3 is 12.2 Å². The minimum absolute atomic E-state index is 0.0124. The van der Waals surface area contributed by atoms with Crippen LogP contribution >= 0.6 is 0 Å². The first kappa shape index (κ1) is 24.1. The number of aromatic nitrogens is 3. The molecule has 3 aromatic rings. The Bertz CT molecular complexity index is 1260. The normalized spacial score (nSPS) is 17.1. The number of amides is 2. The Labute approximate surface area is 205 Å². The molecule has 0 aliphatic carbocycles. The van der Waals surface area contributed by atoms with E-state index in [4.69, 9.17) is 0 Å². The largest absolute Gasteiger partial charge is 0.416 e. The molecule has 2 aromatic carbocycles. The summed E-state index contributed by atoms with van der Waals surface area (Å²) in [4.78, 5) is 19.9. The van der Waals surface area contributed by atoms with E-state index in [0.717, 1.165) is 11.6 Å². The molecule has 2 amide bonds. The Morgan fingerprint density at radius 3 is 2.44 bits per heavy atom. The lowest BCUT2D eigenvalue weighted by Crippen LogP contribution is -2.54. The van der Waals surface area contributed by atoms with E-state index in [0.29, 0.717) is 37.3 Å². The van der Waals surface area contributed by atoms with Gasteiger partial charge in [0.2, 0.25) is 0 Å². The fourth-order valence-corrected chi connectivity index (χ4v) is 5.18. The SMILES string of the molecule is Cc1cccc(F)c1N1CCC(N2Cc3nn(C)nc3N(Cc3ccccc3C(F)(F)F)C2=O)CC1. The maximum Gasteiger partial charge on any atom is 0.416 e. The van der Waals surface area contributed by atoms with Gasteiger partial charge < -0.3 is 9.80 Å². The first-order valence-corrected chi connectivity index (χ1v) is 11.8. The van der Waals surface area contributed by atoms with Crippen LogP contribution in [0.1, 0.15) is 35.2 Å². The summed E-state index contributed by atoms with van der Waals surface area (Å²) in [5.74, 6) is -0.00338. The predicted molar refractivity (Wildman–Crippen MR) is 126 cm³/mol. The molecular formula is C25H26F4N6O. The summed E-state index contributed by atoms with van der Waals surface area (Å²) in [7, 11) is 1.62. The highest BCUT2D eigenvalue weighted by Crippen LogP contribution is 2.36. The third-order valence-corrected chi connectivity index (χ3v) is 6.88. The highest BCUT2D eigenvalue weighted by molar-refractivity contribution is 5.93. The van der Waals surface area contributed by atoms with Gasteiger partial charge in [0.25, 0.3) is 0 Å². The molecular weight excluding hydrogens is 476 g/mol. The monoisotopic (exact) mass is 502 g/mol. The topological polar surface area (TPSA) is 57.5 Å². The van der Waals surface area contributed by atoms with Gasteiger partial charge in [0.1, 0.15) is 11.5 Å². The van der Waals surface area contributed by atoms with Crippen LogP contribution in [-0.4, -0.2) is 45.1 Å². The van der Waals surface area contributed by atoms with Crippen molar-refractivity contribution in [2.24, 2.45) is 7.05 Å². The third kappa shape index (κ3) is 4.38. The van der Waals surface area contributed by atoms with E-state index in [-0.39, 0.29) is 36.3 Å². The lowest BCUT2D eigenvalue weighted by atomic mass is 10.00. The molecule has 0 bridgehead atoms. The van der Waals surface area contributed by atoms with Gasteiger partial charge in [0.05, 0.1) is 24.3 Å². The van der Waals surface area contributed by atoms with Gasteiger partial charge in [-0.05, 0) is 43.0 Å². The molecule has 11 heteroatoms. The number of fused-ring (bicyclic) bond motifs is 1. The van der Waals surface area contributed by atoms with Crippen molar-refractivity contribution in [3.8, 4) is 0 Å². The summed E-state index contributed by atoms with van der Waals surface area (Å²) >= 11 is 0. The summed E-state index contributed by atoms with van der Waals surface area (Å²) in [5.41, 5.74) is 1.16. The summed E-state index contributed by atoms with van der Waals surface area (Å²) in [6, 6.07) is 9.66. The average molecular weight is 503 g/mol. The van der Waals surface area contributed by atoms with E-state index in [1.165, 1.54) is 34.0 Å². The highest BCUT2D eigenvalue weighted by Gasteiger charge is 2.40. The Morgan fingerprint density at radius 2 is 1.75 bits per heavy atom. The molecule has 2 aliphatic rings. The van der Waals surface area contributed by atoms with Crippen LogP contribution < -0.4 is 9.80 Å². The minimum Gasteiger partial charge on any atom is -0.369 e. The summed E-state index contributed by atoms with van der Waals surface area (Å²) < 4.78 is 55.4. The Morgan fingerprint density at radius 1 is 1.03 bits per heavy atom. The molecule has 36 heavy (non-hydrogen) atoms. The second-order valence-corrected chi connectivity index (χ2v) is 9.23.